The highest BCUT2D eigenvalue weighted by molar-refractivity contribution is 7.92. The number of carbonyl (C=O) groups is 1. The van der Waals surface area contributed by atoms with Crippen molar-refractivity contribution in [2.24, 2.45) is 0 Å². The molecular formula is C15H13FN2O6S. The van der Waals surface area contributed by atoms with Crippen LogP contribution in [0, 0.1) is 15.9 Å². The van der Waals surface area contributed by atoms with E-state index in [4.69, 9.17) is 0 Å². The van der Waals surface area contributed by atoms with E-state index >= 15 is 0 Å². The SMILES string of the molecule is COC(=O)CN(c1ccc(F)cc1)S(=O)(=O)c1cccc([N+](=O)[O-])c1. The summed E-state index contributed by atoms with van der Waals surface area (Å²) in [5, 5.41) is 10.9. The van der Waals surface area contributed by atoms with Crippen molar-refractivity contribution in [3.8, 4) is 0 Å². The third-order valence-corrected chi connectivity index (χ3v) is 5.00. The Balaban J connectivity index is 2.54. The highest BCUT2D eigenvalue weighted by Gasteiger charge is 2.28. The number of nitro benzene ring substituents is 1. The van der Waals surface area contributed by atoms with Crippen LogP contribution in [0.4, 0.5) is 15.8 Å². The molecule has 0 fully saturated rings. The highest BCUT2D eigenvalue weighted by Crippen LogP contribution is 2.26. The number of non-ortho nitro benzene ring substituents is 1. The minimum atomic E-state index is -4.32. The van der Waals surface area contributed by atoms with Crippen molar-refractivity contribution in [2.45, 2.75) is 4.90 Å². The molecular weight excluding hydrogens is 355 g/mol. The summed E-state index contributed by atoms with van der Waals surface area (Å²) < 4.78 is 44.0. The van der Waals surface area contributed by atoms with Crippen LogP contribution in [0.25, 0.3) is 0 Å². The van der Waals surface area contributed by atoms with E-state index in [0.29, 0.717) is 4.31 Å². The van der Waals surface area contributed by atoms with E-state index in [9.17, 15) is 27.7 Å². The molecule has 0 spiro atoms. The monoisotopic (exact) mass is 368 g/mol. The number of methoxy groups -OCH3 is 1. The molecule has 2 rings (SSSR count). The van der Waals surface area contributed by atoms with Crippen LogP contribution in [0.2, 0.25) is 0 Å². The number of benzene rings is 2. The maximum atomic E-state index is 13.1. The second kappa shape index (κ2) is 7.26. The lowest BCUT2D eigenvalue weighted by Crippen LogP contribution is -2.36. The summed E-state index contributed by atoms with van der Waals surface area (Å²) in [6.07, 6.45) is 0. The standard InChI is InChI=1S/C15H13FN2O6S/c1-24-15(19)10-17(12-7-5-11(16)6-8-12)25(22,23)14-4-2-3-13(9-14)18(20)21/h2-9H,10H2,1H3. The summed E-state index contributed by atoms with van der Waals surface area (Å²) in [5.74, 6) is -1.44. The van der Waals surface area contributed by atoms with Crippen molar-refractivity contribution < 1.29 is 27.3 Å². The topological polar surface area (TPSA) is 107 Å². The van der Waals surface area contributed by atoms with Gasteiger partial charge in [-0.25, -0.2) is 12.8 Å². The molecule has 0 aliphatic rings. The normalized spacial score (nSPS) is 11.0. The first kappa shape index (κ1) is 18.3. The smallest absolute Gasteiger partial charge is 0.326 e. The Morgan fingerprint density at radius 3 is 2.44 bits per heavy atom. The molecule has 2 aromatic carbocycles. The Hall–Kier alpha value is -3.01. The summed E-state index contributed by atoms with van der Waals surface area (Å²) in [7, 11) is -3.23. The van der Waals surface area contributed by atoms with Crippen molar-refractivity contribution in [2.75, 3.05) is 18.0 Å². The molecule has 8 nitrogen and oxygen atoms in total. The van der Waals surface area contributed by atoms with Crippen LogP contribution in [0.15, 0.2) is 53.4 Å². The highest BCUT2D eigenvalue weighted by atomic mass is 32.2. The first-order valence-corrected chi connectivity index (χ1v) is 8.29. The Labute approximate surface area is 142 Å². The molecule has 2 aromatic rings. The van der Waals surface area contributed by atoms with Gasteiger partial charge < -0.3 is 4.74 Å². The number of hydrogen-bond acceptors (Lipinski definition) is 6. The zero-order chi connectivity index (χ0) is 18.6. The van der Waals surface area contributed by atoms with E-state index < -0.39 is 39.0 Å². The van der Waals surface area contributed by atoms with Gasteiger partial charge in [-0.1, -0.05) is 6.07 Å². The van der Waals surface area contributed by atoms with Crippen molar-refractivity contribution >= 4 is 27.4 Å². The second-order valence-corrected chi connectivity index (χ2v) is 6.68. The lowest BCUT2D eigenvalue weighted by molar-refractivity contribution is -0.385. The van der Waals surface area contributed by atoms with Crippen LogP contribution in [0.3, 0.4) is 0 Å². The molecule has 0 radical (unpaired) electrons. The van der Waals surface area contributed by atoms with E-state index in [1.54, 1.807) is 0 Å². The summed E-state index contributed by atoms with van der Waals surface area (Å²) in [4.78, 5) is 21.4. The molecule has 0 N–H and O–H groups in total. The summed E-state index contributed by atoms with van der Waals surface area (Å²) in [6.45, 7) is -0.673. The van der Waals surface area contributed by atoms with Crippen LogP contribution in [-0.4, -0.2) is 33.0 Å². The van der Waals surface area contributed by atoms with Crippen LogP contribution in [-0.2, 0) is 19.6 Å². The average molecular weight is 368 g/mol. The number of esters is 1. The predicted octanol–water partition coefficient (Wildman–Crippen LogP) is 2.10. The average Bonchev–Trinajstić information content (AvgIpc) is 2.60. The quantitative estimate of drug-likeness (QED) is 0.439. The zero-order valence-electron chi connectivity index (χ0n) is 13.0. The summed E-state index contributed by atoms with van der Waals surface area (Å²) in [5.41, 5.74) is -0.406. The van der Waals surface area contributed by atoms with E-state index in [-0.39, 0.29) is 10.6 Å². The number of nitrogens with zero attached hydrogens (tertiary/aromatic N) is 2. The Kier molecular flexibility index (Phi) is 5.32. The third kappa shape index (κ3) is 4.10. The zero-order valence-corrected chi connectivity index (χ0v) is 13.8. The first-order chi connectivity index (χ1) is 11.8. The van der Waals surface area contributed by atoms with Crippen molar-refractivity contribution in [1.82, 2.24) is 0 Å². The van der Waals surface area contributed by atoms with Crippen LogP contribution < -0.4 is 4.31 Å². The largest absolute Gasteiger partial charge is 0.468 e. The maximum absolute atomic E-state index is 13.1. The van der Waals surface area contributed by atoms with E-state index in [2.05, 4.69) is 4.74 Å². The lowest BCUT2D eigenvalue weighted by Gasteiger charge is -2.23. The van der Waals surface area contributed by atoms with Gasteiger partial charge in [0.05, 0.1) is 22.6 Å². The molecule has 0 aromatic heterocycles. The second-order valence-electron chi connectivity index (χ2n) is 4.82. The van der Waals surface area contributed by atoms with Crippen LogP contribution in [0.1, 0.15) is 0 Å². The van der Waals surface area contributed by atoms with Gasteiger partial charge in [0, 0.05) is 12.1 Å². The van der Waals surface area contributed by atoms with Gasteiger partial charge in [0.15, 0.2) is 0 Å². The van der Waals surface area contributed by atoms with Crippen molar-refractivity contribution in [3.63, 3.8) is 0 Å². The van der Waals surface area contributed by atoms with Crippen molar-refractivity contribution in [1.29, 1.82) is 0 Å². The molecule has 0 heterocycles. The molecule has 0 bridgehead atoms. The molecule has 0 saturated carbocycles. The molecule has 25 heavy (non-hydrogen) atoms. The molecule has 0 unspecified atom stereocenters. The van der Waals surface area contributed by atoms with Crippen LogP contribution >= 0.6 is 0 Å². The fourth-order valence-electron chi connectivity index (χ4n) is 1.99. The molecule has 0 aliphatic carbocycles. The lowest BCUT2D eigenvalue weighted by atomic mass is 10.3. The molecule has 0 saturated heterocycles. The Bertz CT molecular complexity index is 898. The fourth-order valence-corrected chi connectivity index (χ4v) is 3.44. The van der Waals surface area contributed by atoms with Crippen LogP contribution in [0.5, 0.6) is 0 Å². The van der Waals surface area contributed by atoms with E-state index in [0.717, 1.165) is 37.4 Å². The third-order valence-electron chi connectivity index (χ3n) is 3.23. The number of sulfonamides is 1. The van der Waals surface area contributed by atoms with Crippen molar-refractivity contribution in [3.05, 3.63) is 64.5 Å². The van der Waals surface area contributed by atoms with Gasteiger partial charge in [0.25, 0.3) is 15.7 Å². The Morgan fingerprint density at radius 1 is 1.24 bits per heavy atom. The van der Waals surface area contributed by atoms with Gasteiger partial charge in [-0.2, -0.15) is 0 Å². The number of anilines is 1. The molecule has 132 valence electrons. The number of carbonyl (C=O) groups excluding carboxylic acids is 1. The Morgan fingerprint density at radius 2 is 1.88 bits per heavy atom. The van der Waals surface area contributed by atoms with E-state index in [1.807, 2.05) is 0 Å². The molecule has 0 amide bonds. The van der Waals surface area contributed by atoms with Gasteiger partial charge in [-0.3, -0.25) is 19.2 Å². The van der Waals surface area contributed by atoms with Gasteiger partial charge in [-0.05, 0) is 30.3 Å². The number of nitro groups is 1. The molecule has 0 aliphatic heterocycles. The minimum Gasteiger partial charge on any atom is -0.468 e. The minimum absolute atomic E-state index is 0.0123. The maximum Gasteiger partial charge on any atom is 0.326 e. The number of ether oxygens (including phenoxy) is 1. The first-order valence-electron chi connectivity index (χ1n) is 6.85. The molecule has 10 heteroatoms. The van der Waals surface area contributed by atoms with Gasteiger partial charge >= 0.3 is 5.97 Å². The van der Waals surface area contributed by atoms with Gasteiger partial charge in [-0.15, -0.1) is 0 Å². The van der Waals surface area contributed by atoms with Gasteiger partial charge in [0.2, 0.25) is 0 Å². The fraction of sp³-hybridized carbons (Fsp3) is 0.133. The van der Waals surface area contributed by atoms with Gasteiger partial charge in [0.1, 0.15) is 12.4 Å². The number of halogens is 1. The number of rotatable bonds is 6. The molecule has 0 atom stereocenters. The predicted molar refractivity (Wildman–Crippen MR) is 86.0 cm³/mol. The van der Waals surface area contributed by atoms with E-state index in [1.165, 1.54) is 18.2 Å². The number of hydrogen-bond donors (Lipinski definition) is 0. The summed E-state index contributed by atoms with van der Waals surface area (Å²) >= 11 is 0. The summed E-state index contributed by atoms with van der Waals surface area (Å²) in [6, 6.07) is 8.80.